The van der Waals surface area contributed by atoms with E-state index in [1.807, 2.05) is 53.4 Å². The number of nitrogens with one attached hydrogen (secondary N) is 1. The molecule has 5 nitrogen and oxygen atoms in total. The summed E-state index contributed by atoms with van der Waals surface area (Å²) in [5.41, 5.74) is 3.75. The van der Waals surface area contributed by atoms with E-state index in [2.05, 4.69) is 31.0 Å². The average Bonchev–Trinajstić information content (AvgIpc) is 2.67. The molecular formula is C23H29N3O2. The minimum absolute atomic E-state index is 0.0652. The molecule has 1 saturated heterocycles. The van der Waals surface area contributed by atoms with Crippen molar-refractivity contribution in [3.63, 3.8) is 0 Å². The molecule has 1 aliphatic heterocycles. The van der Waals surface area contributed by atoms with Gasteiger partial charge in [-0.2, -0.15) is 0 Å². The molecule has 1 N–H and O–H groups in total. The van der Waals surface area contributed by atoms with Crippen LogP contribution in [0.4, 0.5) is 11.4 Å². The standard InChI is InChI=1S/C23H29N3O2/c1-17(27)25-12-14-26(15-13-25)21-7-5-6-20(16-21)24-22(28)18-8-10-19(11-9-18)23(2,3)4/h5-11,16H,12-15H2,1-4H3,(H,24,28). The summed E-state index contributed by atoms with van der Waals surface area (Å²) in [7, 11) is 0. The van der Waals surface area contributed by atoms with Crippen LogP contribution in [0.5, 0.6) is 0 Å². The van der Waals surface area contributed by atoms with Gasteiger partial charge in [0.15, 0.2) is 0 Å². The first-order chi connectivity index (χ1) is 13.2. The van der Waals surface area contributed by atoms with Crippen LogP contribution >= 0.6 is 0 Å². The lowest BCUT2D eigenvalue weighted by molar-refractivity contribution is -0.129. The quantitative estimate of drug-likeness (QED) is 0.880. The Morgan fingerprint density at radius 1 is 0.929 bits per heavy atom. The van der Waals surface area contributed by atoms with Crippen LogP contribution in [0.2, 0.25) is 0 Å². The molecule has 148 valence electrons. The van der Waals surface area contributed by atoms with Crippen molar-refractivity contribution < 1.29 is 9.59 Å². The molecule has 2 amide bonds. The summed E-state index contributed by atoms with van der Waals surface area (Å²) < 4.78 is 0. The lowest BCUT2D eigenvalue weighted by Gasteiger charge is -2.35. The molecule has 0 radical (unpaired) electrons. The van der Waals surface area contributed by atoms with E-state index in [1.54, 1.807) is 6.92 Å². The van der Waals surface area contributed by atoms with E-state index < -0.39 is 0 Å². The highest BCUT2D eigenvalue weighted by molar-refractivity contribution is 6.04. The van der Waals surface area contributed by atoms with Gasteiger partial charge in [-0.25, -0.2) is 0 Å². The highest BCUT2D eigenvalue weighted by Gasteiger charge is 2.19. The summed E-state index contributed by atoms with van der Waals surface area (Å²) >= 11 is 0. The first kappa shape index (κ1) is 19.9. The van der Waals surface area contributed by atoms with E-state index in [9.17, 15) is 9.59 Å². The molecule has 0 saturated carbocycles. The zero-order chi connectivity index (χ0) is 20.3. The Morgan fingerprint density at radius 3 is 2.14 bits per heavy atom. The van der Waals surface area contributed by atoms with Gasteiger partial charge in [-0.05, 0) is 41.3 Å². The van der Waals surface area contributed by atoms with Crippen LogP contribution in [0.15, 0.2) is 48.5 Å². The summed E-state index contributed by atoms with van der Waals surface area (Å²) in [6.07, 6.45) is 0. The van der Waals surface area contributed by atoms with Crippen LogP contribution in [0.25, 0.3) is 0 Å². The maximum Gasteiger partial charge on any atom is 0.255 e. The number of hydrogen-bond acceptors (Lipinski definition) is 3. The predicted octanol–water partition coefficient (Wildman–Crippen LogP) is 3.90. The van der Waals surface area contributed by atoms with Crippen LogP contribution in [-0.4, -0.2) is 42.9 Å². The Hall–Kier alpha value is -2.82. The van der Waals surface area contributed by atoms with Gasteiger partial charge in [-0.3, -0.25) is 9.59 Å². The van der Waals surface area contributed by atoms with Gasteiger partial charge >= 0.3 is 0 Å². The third kappa shape index (κ3) is 4.71. The molecule has 1 heterocycles. The molecule has 3 rings (SSSR count). The second-order valence-corrected chi connectivity index (χ2v) is 8.32. The van der Waals surface area contributed by atoms with Crippen molar-refractivity contribution in [1.29, 1.82) is 0 Å². The van der Waals surface area contributed by atoms with E-state index in [1.165, 1.54) is 5.56 Å². The van der Waals surface area contributed by atoms with Gasteiger partial charge in [0, 0.05) is 50.0 Å². The number of rotatable bonds is 3. The molecule has 0 atom stereocenters. The van der Waals surface area contributed by atoms with E-state index in [0.717, 1.165) is 37.6 Å². The second kappa shape index (κ2) is 8.05. The Bertz CT molecular complexity index is 845. The summed E-state index contributed by atoms with van der Waals surface area (Å²) in [6, 6.07) is 15.7. The van der Waals surface area contributed by atoms with Gasteiger partial charge in [0.05, 0.1) is 0 Å². The van der Waals surface area contributed by atoms with Crippen molar-refractivity contribution in [2.24, 2.45) is 0 Å². The van der Waals surface area contributed by atoms with Gasteiger partial charge in [0.2, 0.25) is 5.91 Å². The Labute approximate surface area is 167 Å². The first-order valence-electron chi connectivity index (χ1n) is 9.76. The van der Waals surface area contributed by atoms with Gasteiger partial charge in [-0.15, -0.1) is 0 Å². The highest BCUT2D eigenvalue weighted by atomic mass is 16.2. The fourth-order valence-electron chi connectivity index (χ4n) is 3.38. The van der Waals surface area contributed by atoms with Crippen molar-refractivity contribution >= 4 is 23.2 Å². The summed E-state index contributed by atoms with van der Waals surface area (Å²) in [5.74, 6) is 0.0113. The van der Waals surface area contributed by atoms with Crippen LogP contribution in [0.3, 0.4) is 0 Å². The van der Waals surface area contributed by atoms with Crippen LogP contribution in [-0.2, 0) is 10.2 Å². The maximum atomic E-state index is 12.6. The monoisotopic (exact) mass is 379 g/mol. The number of benzene rings is 2. The third-order valence-electron chi connectivity index (χ3n) is 5.21. The number of hydrogen-bond donors (Lipinski definition) is 1. The van der Waals surface area contributed by atoms with Gasteiger partial charge in [0.1, 0.15) is 0 Å². The van der Waals surface area contributed by atoms with Gasteiger partial charge in [-0.1, -0.05) is 39.0 Å². The van der Waals surface area contributed by atoms with Crippen LogP contribution < -0.4 is 10.2 Å². The average molecular weight is 380 g/mol. The molecular weight excluding hydrogens is 350 g/mol. The smallest absolute Gasteiger partial charge is 0.255 e. The second-order valence-electron chi connectivity index (χ2n) is 8.32. The zero-order valence-corrected chi connectivity index (χ0v) is 17.2. The maximum absolute atomic E-state index is 12.6. The molecule has 1 aliphatic rings. The predicted molar refractivity (Wildman–Crippen MR) is 114 cm³/mol. The molecule has 0 bridgehead atoms. The lowest BCUT2D eigenvalue weighted by atomic mass is 9.87. The van der Waals surface area contributed by atoms with Crippen molar-refractivity contribution in [2.45, 2.75) is 33.1 Å². The molecule has 2 aromatic carbocycles. The number of piperazine rings is 1. The topological polar surface area (TPSA) is 52.7 Å². The summed E-state index contributed by atoms with van der Waals surface area (Å²) in [5, 5.41) is 2.99. The van der Waals surface area contributed by atoms with Gasteiger partial charge in [0.25, 0.3) is 5.91 Å². The van der Waals surface area contributed by atoms with E-state index in [4.69, 9.17) is 0 Å². The molecule has 5 heteroatoms. The number of amides is 2. The van der Waals surface area contributed by atoms with Crippen LogP contribution in [0, 0.1) is 0 Å². The number of nitrogens with zero attached hydrogens (tertiary/aromatic N) is 2. The zero-order valence-electron chi connectivity index (χ0n) is 17.2. The molecule has 0 unspecified atom stereocenters. The van der Waals surface area contributed by atoms with E-state index >= 15 is 0 Å². The van der Waals surface area contributed by atoms with E-state index in [-0.39, 0.29) is 17.2 Å². The summed E-state index contributed by atoms with van der Waals surface area (Å²) in [6.45, 7) is 11.1. The number of carbonyl (C=O) groups is 2. The fourth-order valence-corrected chi connectivity index (χ4v) is 3.38. The molecule has 2 aromatic rings. The third-order valence-corrected chi connectivity index (χ3v) is 5.21. The van der Waals surface area contributed by atoms with Crippen molar-refractivity contribution in [2.75, 3.05) is 36.4 Å². The van der Waals surface area contributed by atoms with Crippen molar-refractivity contribution in [3.8, 4) is 0 Å². The van der Waals surface area contributed by atoms with E-state index in [0.29, 0.717) is 5.56 Å². The SMILES string of the molecule is CC(=O)N1CCN(c2cccc(NC(=O)c3ccc(C(C)(C)C)cc3)c2)CC1. The largest absolute Gasteiger partial charge is 0.368 e. The first-order valence-corrected chi connectivity index (χ1v) is 9.76. The minimum Gasteiger partial charge on any atom is -0.368 e. The molecule has 0 spiro atoms. The summed E-state index contributed by atoms with van der Waals surface area (Å²) in [4.78, 5) is 28.2. The van der Waals surface area contributed by atoms with Crippen LogP contribution in [0.1, 0.15) is 43.6 Å². The molecule has 0 aliphatic carbocycles. The Morgan fingerprint density at radius 2 is 1.57 bits per heavy atom. The molecule has 1 fully saturated rings. The molecule has 0 aromatic heterocycles. The molecule has 28 heavy (non-hydrogen) atoms. The highest BCUT2D eigenvalue weighted by Crippen LogP contribution is 2.24. The van der Waals surface area contributed by atoms with Gasteiger partial charge < -0.3 is 15.1 Å². The lowest BCUT2D eigenvalue weighted by Crippen LogP contribution is -2.48. The number of anilines is 2. The normalized spacial score (nSPS) is 14.7. The van der Waals surface area contributed by atoms with Crippen molar-refractivity contribution in [1.82, 2.24) is 4.90 Å². The Balaban J connectivity index is 1.66. The fraction of sp³-hybridized carbons (Fsp3) is 0.391. The minimum atomic E-state index is -0.112. The Kier molecular flexibility index (Phi) is 5.73. The van der Waals surface area contributed by atoms with Crippen molar-refractivity contribution in [3.05, 3.63) is 59.7 Å². The number of carbonyl (C=O) groups excluding carboxylic acids is 2.